The van der Waals surface area contributed by atoms with Crippen LogP contribution in [-0.2, 0) is 5.75 Å². The highest BCUT2D eigenvalue weighted by molar-refractivity contribution is 8.13. The molecule has 3 N–H and O–H groups in total. The molecule has 3 aromatic rings. The van der Waals surface area contributed by atoms with Crippen LogP contribution < -0.4 is 20.9 Å². The Morgan fingerprint density at radius 3 is 2.90 bits per heavy atom. The lowest BCUT2D eigenvalue weighted by molar-refractivity contribution is 0.415. The number of aromatic amines is 1. The molecule has 0 atom stereocenters. The Morgan fingerprint density at radius 1 is 1.28 bits per heavy atom. The molecule has 0 amide bonds. The third-order valence-electron chi connectivity index (χ3n) is 4.17. The van der Waals surface area contributed by atoms with E-state index in [0.717, 1.165) is 33.2 Å². The fourth-order valence-electron chi connectivity index (χ4n) is 2.81. The van der Waals surface area contributed by atoms with Crippen molar-refractivity contribution in [3.8, 4) is 5.75 Å². The first kappa shape index (κ1) is 18.9. The number of amidine groups is 1. The molecule has 2 aromatic heterocycles. The molecule has 1 aliphatic heterocycles. The zero-order chi connectivity index (χ0) is 20.4. The first-order valence-corrected chi connectivity index (χ1v) is 9.80. The Bertz CT molecular complexity index is 1190. The highest BCUT2D eigenvalue weighted by Crippen LogP contribution is 2.23. The number of hydrogen-bond acceptors (Lipinski definition) is 9. The van der Waals surface area contributed by atoms with Crippen molar-refractivity contribution in [2.45, 2.75) is 12.7 Å². The van der Waals surface area contributed by atoms with Crippen molar-refractivity contribution in [3.05, 3.63) is 58.3 Å². The Morgan fingerprint density at radius 2 is 2.14 bits per heavy atom. The van der Waals surface area contributed by atoms with Gasteiger partial charge in [0.2, 0.25) is 11.9 Å². The summed E-state index contributed by atoms with van der Waals surface area (Å²) in [6, 6.07) is 7.05. The molecule has 0 saturated heterocycles. The third-order valence-corrected chi connectivity index (χ3v) is 5.12. The van der Waals surface area contributed by atoms with Crippen LogP contribution in [0.2, 0.25) is 0 Å². The summed E-state index contributed by atoms with van der Waals surface area (Å²) in [6.07, 6.45) is 0. The van der Waals surface area contributed by atoms with Crippen molar-refractivity contribution in [1.82, 2.24) is 25.3 Å². The standard InChI is InChI=1S/C19H19N7O2S/c1-10-8-20-19(21-10)29-9-12-6-16(27)25-18(23-12)26-17-22-11(2)14-7-13(28-3)4-5-15(14)24-17/h4-7H,1,8-9H2,2-3H3,(H,20,21)(H2,22,23,24,25,26,27). The number of aliphatic imine (C=N–C) groups is 1. The molecular weight excluding hydrogens is 390 g/mol. The minimum atomic E-state index is -0.258. The van der Waals surface area contributed by atoms with Crippen molar-refractivity contribution >= 4 is 39.7 Å². The predicted octanol–water partition coefficient (Wildman–Crippen LogP) is 2.48. The number of aryl methyl sites for hydroxylation is 1. The molecule has 0 bridgehead atoms. The summed E-state index contributed by atoms with van der Waals surface area (Å²) < 4.78 is 5.25. The van der Waals surface area contributed by atoms with Gasteiger partial charge in [-0.25, -0.2) is 15.0 Å². The van der Waals surface area contributed by atoms with Gasteiger partial charge in [0.25, 0.3) is 5.56 Å². The fourth-order valence-corrected chi connectivity index (χ4v) is 3.62. The zero-order valence-electron chi connectivity index (χ0n) is 15.9. The SMILES string of the molecule is C=C1CN=C(SCc2cc(=O)[nH]c(Nc3nc(C)c4cc(OC)ccc4n3)n2)N1. The number of aromatic nitrogens is 4. The molecule has 29 heavy (non-hydrogen) atoms. The van der Waals surface area contributed by atoms with Gasteiger partial charge >= 0.3 is 0 Å². The molecule has 10 heteroatoms. The minimum Gasteiger partial charge on any atom is -0.497 e. The van der Waals surface area contributed by atoms with Crippen LogP contribution in [0, 0.1) is 6.92 Å². The molecule has 9 nitrogen and oxygen atoms in total. The molecule has 3 heterocycles. The highest BCUT2D eigenvalue weighted by Gasteiger charge is 2.12. The van der Waals surface area contributed by atoms with Crippen molar-refractivity contribution in [2.75, 3.05) is 19.0 Å². The third kappa shape index (κ3) is 4.37. The van der Waals surface area contributed by atoms with Gasteiger partial charge in [-0.15, -0.1) is 0 Å². The number of H-pyrrole nitrogens is 1. The summed E-state index contributed by atoms with van der Waals surface area (Å²) in [5.41, 5.74) is 2.77. The fraction of sp³-hybridized carbons (Fsp3) is 0.211. The Hall–Kier alpha value is -3.40. The molecule has 0 fully saturated rings. The summed E-state index contributed by atoms with van der Waals surface area (Å²) in [7, 11) is 1.62. The number of fused-ring (bicyclic) bond motifs is 1. The lowest BCUT2D eigenvalue weighted by Gasteiger charge is -2.09. The second-order valence-electron chi connectivity index (χ2n) is 6.36. The van der Waals surface area contributed by atoms with Crippen LogP contribution in [-0.4, -0.2) is 38.8 Å². The van der Waals surface area contributed by atoms with Gasteiger partial charge in [0, 0.05) is 22.9 Å². The van der Waals surface area contributed by atoms with Crippen LogP contribution >= 0.6 is 11.8 Å². The second-order valence-corrected chi connectivity index (χ2v) is 7.33. The van der Waals surface area contributed by atoms with Gasteiger partial charge in [-0.3, -0.25) is 20.1 Å². The predicted molar refractivity (Wildman–Crippen MR) is 115 cm³/mol. The number of hydrogen-bond donors (Lipinski definition) is 3. The van der Waals surface area contributed by atoms with Crippen LogP contribution in [0.25, 0.3) is 10.9 Å². The molecular formula is C19H19N7O2S. The maximum atomic E-state index is 12.0. The smallest absolute Gasteiger partial charge is 0.252 e. The monoisotopic (exact) mass is 409 g/mol. The molecule has 148 valence electrons. The van der Waals surface area contributed by atoms with Gasteiger partial charge in [0.05, 0.1) is 30.6 Å². The van der Waals surface area contributed by atoms with Crippen LogP contribution in [0.3, 0.4) is 0 Å². The van der Waals surface area contributed by atoms with Crippen molar-refractivity contribution in [3.63, 3.8) is 0 Å². The molecule has 0 unspecified atom stereocenters. The number of anilines is 2. The Kier molecular flexibility index (Phi) is 5.17. The number of nitrogens with zero attached hydrogens (tertiary/aromatic N) is 4. The number of rotatable bonds is 5. The van der Waals surface area contributed by atoms with E-state index in [1.807, 2.05) is 25.1 Å². The quantitative estimate of drug-likeness (QED) is 0.588. The first-order chi connectivity index (χ1) is 14.0. The van der Waals surface area contributed by atoms with Gasteiger partial charge in [0.1, 0.15) is 5.75 Å². The maximum Gasteiger partial charge on any atom is 0.252 e. The van der Waals surface area contributed by atoms with Gasteiger partial charge in [-0.2, -0.15) is 0 Å². The number of benzene rings is 1. The summed E-state index contributed by atoms with van der Waals surface area (Å²) in [4.78, 5) is 32.4. The summed E-state index contributed by atoms with van der Waals surface area (Å²) in [5.74, 6) is 1.87. The van der Waals surface area contributed by atoms with Gasteiger partial charge in [0.15, 0.2) is 5.17 Å². The van der Waals surface area contributed by atoms with Crippen LogP contribution in [0.5, 0.6) is 5.75 Å². The molecule has 0 spiro atoms. The average molecular weight is 409 g/mol. The second kappa shape index (κ2) is 7.92. The van der Waals surface area contributed by atoms with Gasteiger partial charge in [-0.05, 0) is 25.1 Å². The van der Waals surface area contributed by atoms with Gasteiger partial charge in [-0.1, -0.05) is 18.3 Å². The maximum absolute atomic E-state index is 12.0. The topological polar surface area (TPSA) is 117 Å². The normalized spacial score (nSPS) is 13.3. The van der Waals surface area contributed by atoms with E-state index in [4.69, 9.17) is 4.74 Å². The van der Waals surface area contributed by atoms with Gasteiger partial charge < -0.3 is 10.1 Å². The lowest BCUT2D eigenvalue weighted by Crippen LogP contribution is -2.15. The van der Waals surface area contributed by atoms with E-state index >= 15 is 0 Å². The Balaban J connectivity index is 1.55. The number of nitrogens with one attached hydrogen (secondary N) is 3. The Labute approximate surface area is 170 Å². The van der Waals surface area contributed by atoms with E-state index in [1.165, 1.54) is 17.8 Å². The lowest BCUT2D eigenvalue weighted by atomic mass is 10.2. The van der Waals surface area contributed by atoms with E-state index < -0.39 is 0 Å². The van der Waals surface area contributed by atoms with Crippen molar-refractivity contribution < 1.29 is 4.74 Å². The van der Waals surface area contributed by atoms with E-state index in [0.29, 0.717) is 23.9 Å². The first-order valence-electron chi connectivity index (χ1n) is 8.82. The summed E-state index contributed by atoms with van der Waals surface area (Å²) in [5, 5.41) is 7.75. The summed E-state index contributed by atoms with van der Waals surface area (Å²) >= 11 is 1.46. The molecule has 4 rings (SSSR count). The number of methoxy groups -OCH3 is 1. The van der Waals surface area contributed by atoms with Crippen LogP contribution in [0.15, 0.2) is 46.3 Å². The molecule has 0 aliphatic carbocycles. The minimum absolute atomic E-state index is 0.258. The molecule has 1 aliphatic rings. The van der Waals surface area contributed by atoms with Crippen molar-refractivity contribution in [1.29, 1.82) is 0 Å². The molecule has 0 saturated carbocycles. The van der Waals surface area contributed by atoms with E-state index in [-0.39, 0.29) is 11.5 Å². The zero-order valence-corrected chi connectivity index (χ0v) is 16.8. The van der Waals surface area contributed by atoms with E-state index in [9.17, 15) is 4.79 Å². The highest BCUT2D eigenvalue weighted by atomic mass is 32.2. The van der Waals surface area contributed by atoms with Crippen LogP contribution in [0.1, 0.15) is 11.4 Å². The number of thioether (sulfide) groups is 1. The average Bonchev–Trinajstić information content (AvgIpc) is 3.11. The largest absolute Gasteiger partial charge is 0.497 e. The van der Waals surface area contributed by atoms with E-state index in [2.05, 4.69) is 42.1 Å². The molecule has 0 radical (unpaired) electrons. The van der Waals surface area contributed by atoms with E-state index in [1.54, 1.807) is 7.11 Å². The molecule has 1 aromatic carbocycles. The summed E-state index contributed by atoms with van der Waals surface area (Å²) in [6.45, 7) is 6.29. The van der Waals surface area contributed by atoms with Crippen molar-refractivity contribution in [2.24, 2.45) is 4.99 Å². The number of ether oxygens (including phenoxy) is 1. The van der Waals surface area contributed by atoms with Crippen LogP contribution in [0.4, 0.5) is 11.9 Å².